The zero-order chi connectivity index (χ0) is 15.8. The van der Waals surface area contributed by atoms with Crippen molar-refractivity contribution in [1.29, 1.82) is 0 Å². The van der Waals surface area contributed by atoms with Crippen LogP contribution in [0.5, 0.6) is 0 Å². The monoisotopic (exact) mass is 317 g/mol. The number of piperazine rings is 1. The highest BCUT2D eigenvalue weighted by Gasteiger charge is 2.22. The Morgan fingerprint density at radius 3 is 2.74 bits per heavy atom. The number of halogens is 1. The third-order valence-corrected chi connectivity index (χ3v) is 3.92. The van der Waals surface area contributed by atoms with Gasteiger partial charge in [-0.1, -0.05) is 5.16 Å². The summed E-state index contributed by atoms with van der Waals surface area (Å²) >= 11 is 0. The molecule has 2 aromatic heterocycles. The molecule has 1 aliphatic heterocycles. The summed E-state index contributed by atoms with van der Waals surface area (Å²) in [6, 6.07) is 4.91. The molecule has 120 valence electrons. The SMILES string of the molecule is Cc1nc(CN2CCN(c3nc4cc(F)ccc4o3)CC2)no1. The molecule has 3 heterocycles. The molecule has 1 aromatic carbocycles. The van der Waals surface area contributed by atoms with Crippen molar-refractivity contribution in [2.75, 3.05) is 31.1 Å². The van der Waals surface area contributed by atoms with Gasteiger partial charge in [0, 0.05) is 39.2 Å². The maximum atomic E-state index is 13.2. The quantitative estimate of drug-likeness (QED) is 0.731. The minimum atomic E-state index is -0.308. The number of rotatable bonds is 3. The van der Waals surface area contributed by atoms with Crippen molar-refractivity contribution in [1.82, 2.24) is 20.0 Å². The molecule has 1 aliphatic rings. The summed E-state index contributed by atoms with van der Waals surface area (Å²) < 4.78 is 23.9. The summed E-state index contributed by atoms with van der Waals surface area (Å²) in [5.41, 5.74) is 1.15. The highest BCUT2D eigenvalue weighted by Crippen LogP contribution is 2.23. The standard InChI is InChI=1S/C15H16FN5O2/c1-10-17-14(19-23-10)9-20-4-6-21(7-5-20)15-18-12-8-11(16)2-3-13(12)22-15/h2-3,8H,4-7,9H2,1H3. The van der Waals surface area contributed by atoms with Crippen molar-refractivity contribution in [3.8, 4) is 0 Å². The van der Waals surface area contributed by atoms with E-state index in [0.29, 0.717) is 35.4 Å². The average molecular weight is 317 g/mol. The van der Waals surface area contributed by atoms with Crippen LogP contribution in [0.2, 0.25) is 0 Å². The van der Waals surface area contributed by atoms with Gasteiger partial charge < -0.3 is 13.8 Å². The molecule has 4 rings (SSSR count). The zero-order valence-corrected chi connectivity index (χ0v) is 12.7. The van der Waals surface area contributed by atoms with E-state index < -0.39 is 0 Å². The number of fused-ring (bicyclic) bond motifs is 1. The predicted octanol–water partition coefficient (Wildman–Crippen LogP) is 1.98. The number of anilines is 1. The molecular weight excluding hydrogens is 301 g/mol. The minimum Gasteiger partial charge on any atom is -0.423 e. The topological polar surface area (TPSA) is 71.4 Å². The van der Waals surface area contributed by atoms with Crippen LogP contribution in [0.3, 0.4) is 0 Å². The number of hydrogen-bond acceptors (Lipinski definition) is 7. The lowest BCUT2D eigenvalue weighted by Crippen LogP contribution is -2.46. The van der Waals surface area contributed by atoms with Crippen LogP contribution in [-0.4, -0.2) is 46.2 Å². The molecule has 0 aliphatic carbocycles. The van der Waals surface area contributed by atoms with Gasteiger partial charge in [0.1, 0.15) is 11.3 Å². The van der Waals surface area contributed by atoms with Crippen LogP contribution in [0, 0.1) is 12.7 Å². The first-order valence-corrected chi connectivity index (χ1v) is 7.50. The Bertz CT molecular complexity index is 822. The number of aryl methyl sites for hydroxylation is 1. The fourth-order valence-electron chi connectivity index (χ4n) is 2.73. The van der Waals surface area contributed by atoms with Gasteiger partial charge in [-0.15, -0.1) is 0 Å². The highest BCUT2D eigenvalue weighted by atomic mass is 19.1. The van der Waals surface area contributed by atoms with Gasteiger partial charge in [0.25, 0.3) is 6.01 Å². The molecule has 0 saturated carbocycles. The lowest BCUT2D eigenvalue weighted by Gasteiger charge is -2.32. The van der Waals surface area contributed by atoms with Gasteiger partial charge in [-0.3, -0.25) is 4.90 Å². The second-order valence-corrected chi connectivity index (χ2v) is 5.60. The number of aromatic nitrogens is 3. The van der Waals surface area contributed by atoms with Crippen molar-refractivity contribution in [3.05, 3.63) is 35.7 Å². The van der Waals surface area contributed by atoms with Crippen LogP contribution < -0.4 is 4.90 Å². The van der Waals surface area contributed by atoms with Gasteiger partial charge in [0.2, 0.25) is 5.89 Å². The van der Waals surface area contributed by atoms with Gasteiger partial charge in [-0.25, -0.2) is 4.39 Å². The van der Waals surface area contributed by atoms with Crippen LogP contribution in [-0.2, 0) is 6.54 Å². The van der Waals surface area contributed by atoms with Gasteiger partial charge in [0.05, 0.1) is 6.54 Å². The van der Waals surface area contributed by atoms with Crippen LogP contribution in [0.25, 0.3) is 11.1 Å². The maximum Gasteiger partial charge on any atom is 0.298 e. The van der Waals surface area contributed by atoms with E-state index in [1.807, 2.05) is 0 Å². The first-order valence-electron chi connectivity index (χ1n) is 7.50. The van der Waals surface area contributed by atoms with E-state index in [-0.39, 0.29) is 5.82 Å². The third kappa shape index (κ3) is 2.89. The Morgan fingerprint density at radius 1 is 1.17 bits per heavy atom. The van der Waals surface area contributed by atoms with Gasteiger partial charge >= 0.3 is 0 Å². The Balaban J connectivity index is 1.42. The molecule has 0 unspecified atom stereocenters. The summed E-state index contributed by atoms with van der Waals surface area (Å²) in [5.74, 6) is 0.975. The fraction of sp³-hybridized carbons (Fsp3) is 0.400. The van der Waals surface area contributed by atoms with Crippen LogP contribution >= 0.6 is 0 Å². The predicted molar refractivity (Wildman–Crippen MR) is 80.5 cm³/mol. The zero-order valence-electron chi connectivity index (χ0n) is 12.7. The molecule has 23 heavy (non-hydrogen) atoms. The van der Waals surface area contributed by atoms with Crippen molar-refractivity contribution >= 4 is 17.1 Å². The molecule has 0 N–H and O–H groups in total. The third-order valence-electron chi connectivity index (χ3n) is 3.92. The van der Waals surface area contributed by atoms with Gasteiger partial charge in [0.15, 0.2) is 11.4 Å². The van der Waals surface area contributed by atoms with E-state index in [1.54, 1.807) is 13.0 Å². The summed E-state index contributed by atoms with van der Waals surface area (Å²) in [6.45, 7) is 5.72. The van der Waals surface area contributed by atoms with Crippen molar-refractivity contribution in [2.45, 2.75) is 13.5 Å². The first kappa shape index (κ1) is 14.1. The second-order valence-electron chi connectivity index (χ2n) is 5.60. The van der Waals surface area contributed by atoms with E-state index in [1.165, 1.54) is 12.1 Å². The van der Waals surface area contributed by atoms with Gasteiger partial charge in [-0.05, 0) is 12.1 Å². The van der Waals surface area contributed by atoms with Crippen molar-refractivity contribution in [3.63, 3.8) is 0 Å². The second kappa shape index (κ2) is 5.62. The first-order chi connectivity index (χ1) is 11.2. The molecule has 0 amide bonds. The molecule has 0 spiro atoms. The number of nitrogens with zero attached hydrogens (tertiary/aromatic N) is 5. The summed E-state index contributed by atoms with van der Waals surface area (Å²) in [5, 5.41) is 3.92. The Labute approximate surface area is 131 Å². The van der Waals surface area contributed by atoms with E-state index in [9.17, 15) is 4.39 Å². The molecule has 0 atom stereocenters. The summed E-state index contributed by atoms with van der Waals surface area (Å²) in [6.07, 6.45) is 0. The van der Waals surface area contributed by atoms with Crippen molar-refractivity contribution in [2.24, 2.45) is 0 Å². The lowest BCUT2D eigenvalue weighted by molar-refractivity contribution is 0.236. The highest BCUT2D eigenvalue weighted by molar-refractivity contribution is 5.74. The molecule has 1 saturated heterocycles. The Morgan fingerprint density at radius 2 is 2.00 bits per heavy atom. The average Bonchev–Trinajstić information content (AvgIpc) is 3.14. The molecule has 3 aromatic rings. The van der Waals surface area contributed by atoms with E-state index in [0.717, 1.165) is 26.2 Å². The van der Waals surface area contributed by atoms with E-state index in [2.05, 4.69) is 24.9 Å². The largest absolute Gasteiger partial charge is 0.423 e. The smallest absolute Gasteiger partial charge is 0.298 e. The molecule has 0 radical (unpaired) electrons. The van der Waals surface area contributed by atoms with Crippen LogP contribution in [0.4, 0.5) is 10.4 Å². The number of hydrogen-bond donors (Lipinski definition) is 0. The van der Waals surface area contributed by atoms with Gasteiger partial charge in [-0.2, -0.15) is 9.97 Å². The minimum absolute atomic E-state index is 0.308. The molecule has 0 bridgehead atoms. The lowest BCUT2D eigenvalue weighted by atomic mass is 10.3. The Hall–Kier alpha value is -2.48. The normalized spacial score (nSPS) is 16.3. The molecular formula is C15H16FN5O2. The number of oxazole rings is 1. The van der Waals surface area contributed by atoms with E-state index in [4.69, 9.17) is 8.94 Å². The molecule has 7 nitrogen and oxygen atoms in total. The molecule has 1 fully saturated rings. The number of benzene rings is 1. The summed E-state index contributed by atoms with van der Waals surface area (Å²) in [7, 11) is 0. The fourth-order valence-corrected chi connectivity index (χ4v) is 2.73. The summed E-state index contributed by atoms with van der Waals surface area (Å²) in [4.78, 5) is 12.9. The van der Waals surface area contributed by atoms with E-state index >= 15 is 0 Å². The Kier molecular flexibility index (Phi) is 3.45. The van der Waals surface area contributed by atoms with Crippen molar-refractivity contribution < 1.29 is 13.3 Å². The maximum absolute atomic E-state index is 13.2. The molecule has 8 heteroatoms. The van der Waals surface area contributed by atoms with Crippen LogP contribution in [0.15, 0.2) is 27.1 Å². The van der Waals surface area contributed by atoms with Crippen LogP contribution in [0.1, 0.15) is 11.7 Å².